The highest BCUT2D eigenvalue weighted by Gasteiger charge is 2.24. The average molecular weight is 240 g/mol. The van der Waals surface area contributed by atoms with Crippen molar-refractivity contribution in [3.63, 3.8) is 0 Å². The number of ketones is 1. The Morgan fingerprint density at radius 2 is 1.88 bits per heavy atom. The van der Waals surface area contributed by atoms with Crippen molar-refractivity contribution in [3.05, 3.63) is 0 Å². The van der Waals surface area contributed by atoms with Crippen molar-refractivity contribution in [1.29, 1.82) is 0 Å². The normalized spacial score (nSPS) is 16.4. The number of hydrogen-bond acceptors (Lipinski definition) is 3. The first-order valence-electron chi connectivity index (χ1n) is 6.63. The standard InChI is InChI=1S/C13H24N2O2/c1-3-8-15(10-13(17)14-2)9-12(16)11-6-4-5-7-11/h11H,3-10H2,1-2H3,(H,14,17). The summed E-state index contributed by atoms with van der Waals surface area (Å²) in [5.41, 5.74) is 0. The minimum Gasteiger partial charge on any atom is -0.358 e. The van der Waals surface area contributed by atoms with E-state index in [1.807, 2.05) is 4.90 Å². The largest absolute Gasteiger partial charge is 0.358 e. The van der Waals surface area contributed by atoms with Crippen LogP contribution in [0.4, 0.5) is 0 Å². The first kappa shape index (κ1) is 14.2. The summed E-state index contributed by atoms with van der Waals surface area (Å²) in [6.07, 6.45) is 5.41. The van der Waals surface area contributed by atoms with Gasteiger partial charge in [0.05, 0.1) is 13.1 Å². The molecule has 0 aromatic rings. The maximum atomic E-state index is 12.0. The smallest absolute Gasteiger partial charge is 0.233 e. The molecular formula is C13H24N2O2. The van der Waals surface area contributed by atoms with Crippen LogP contribution >= 0.6 is 0 Å². The number of amides is 1. The summed E-state index contributed by atoms with van der Waals surface area (Å²) in [4.78, 5) is 25.3. The molecule has 98 valence electrons. The Kier molecular flexibility index (Phi) is 6.19. The van der Waals surface area contributed by atoms with E-state index in [4.69, 9.17) is 0 Å². The number of Topliss-reactive ketones (excluding diaryl/α,β-unsaturated/α-hetero) is 1. The maximum Gasteiger partial charge on any atom is 0.233 e. The van der Waals surface area contributed by atoms with Crippen LogP contribution in [0.25, 0.3) is 0 Å². The molecule has 0 spiro atoms. The first-order valence-corrected chi connectivity index (χ1v) is 6.63. The Morgan fingerprint density at radius 1 is 1.24 bits per heavy atom. The summed E-state index contributed by atoms with van der Waals surface area (Å²) in [6.45, 7) is 3.65. The molecule has 1 fully saturated rings. The second-order valence-corrected chi connectivity index (χ2v) is 4.83. The monoisotopic (exact) mass is 240 g/mol. The lowest BCUT2D eigenvalue weighted by atomic mass is 10.0. The second kappa shape index (κ2) is 7.43. The van der Waals surface area contributed by atoms with Gasteiger partial charge in [0.25, 0.3) is 0 Å². The van der Waals surface area contributed by atoms with Gasteiger partial charge in [0, 0.05) is 13.0 Å². The van der Waals surface area contributed by atoms with Crippen LogP contribution in [0.15, 0.2) is 0 Å². The van der Waals surface area contributed by atoms with Crippen molar-refractivity contribution in [2.24, 2.45) is 5.92 Å². The van der Waals surface area contributed by atoms with Gasteiger partial charge in [0.1, 0.15) is 5.78 Å². The van der Waals surface area contributed by atoms with E-state index < -0.39 is 0 Å². The van der Waals surface area contributed by atoms with E-state index in [1.54, 1.807) is 7.05 Å². The highest BCUT2D eigenvalue weighted by Crippen LogP contribution is 2.25. The summed E-state index contributed by atoms with van der Waals surface area (Å²) in [5.74, 6) is 0.552. The van der Waals surface area contributed by atoms with Crippen LogP contribution in [0.3, 0.4) is 0 Å². The third kappa shape index (κ3) is 4.86. The average Bonchev–Trinajstić information content (AvgIpc) is 2.82. The van der Waals surface area contributed by atoms with Crippen molar-refractivity contribution in [3.8, 4) is 0 Å². The summed E-state index contributed by atoms with van der Waals surface area (Å²) < 4.78 is 0. The number of carbonyl (C=O) groups is 2. The molecule has 0 atom stereocenters. The Morgan fingerprint density at radius 3 is 2.41 bits per heavy atom. The van der Waals surface area contributed by atoms with Gasteiger partial charge in [-0.25, -0.2) is 0 Å². The Balaban J connectivity index is 2.41. The molecule has 1 aliphatic rings. The zero-order chi connectivity index (χ0) is 12.7. The molecule has 0 saturated heterocycles. The van der Waals surface area contributed by atoms with Crippen molar-refractivity contribution in [2.75, 3.05) is 26.7 Å². The van der Waals surface area contributed by atoms with Gasteiger partial charge >= 0.3 is 0 Å². The second-order valence-electron chi connectivity index (χ2n) is 4.83. The molecule has 0 radical (unpaired) electrons. The van der Waals surface area contributed by atoms with E-state index in [0.29, 0.717) is 18.9 Å². The summed E-state index contributed by atoms with van der Waals surface area (Å²) in [7, 11) is 1.63. The van der Waals surface area contributed by atoms with Gasteiger partial charge in [-0.1, -0.05) is 19.8 Å². The van der Waals surface area contributed by atoms with Gasteiger partial charge in [-0.15, -0.1) is 0 Å². The lowest BCUT2D eigenvalue weighted by molar-refractivity contribution is -0.125. The van der Waals surface area contributed by atoms with Crippen LogP contribution in [0, 0.1) is 5.92 Å². The number of hydrogen-bond donors (Lipinski definition) is 1. The van der Waals surface area contributed by atoms with Crippen molar-refractivity contribution < 1.29 is 9.59 Å². The van der Waals surface area contributed by atoms with Gasteiger partial charge < -0.3 is 5.32 Å². The number of likely N-dealkylation sites (N-methyl/N-ethyl adjacent to an activating group) is 1. The molecule has 1 N–H and O–H groups in total. The quantitative estimate of drug-likeness (QED) is 0.727. The topological polar surface area (TPSA) is 49.4 Å². The molecule has 4 heteroatoms. The van der Waals surface area contributed by atoms with E-state index in [2.05, 4.69) is 12.2 Å². The van der Waals surface area contributed by atoms with Gasteiger partial charge in [-0.3, -0.25) is 14.5 Å². The van der Waals surface area contributed by atoms with E-state index in [9.17, 15) is 9.59 Å². The van der Waals surface area contributed by atoms with Crippen LogP contribution in [0.5, 0.6) is 0 Å². The summed E-state index contributed by atoms with van der Waals surface area (Å²) in [6, 6.07) is 0. The molecule has 0 aromatic carbocycles. The van der Waals surface area contributed by atoms with Crippen molar-refractivity contribution in [1.82, 2.24) is 10.2 Å². The van der Waals surface area contributed by atoms with Gasteiger partial charge in [0.15, 0.2) is 0 Å². The van der Waals surface area contributed by atoms with Crippen LogP contribution in [-0.2, 0) is 9.59 Å². The van der Waals surface area contributed by atoms with Gasteiger partial charge in [0.2, 0.25) is 5.91 Å². The number of rotatable bonds is 7. The lowest BCUT2D eigenvalue weighted by Crippen LogP contribution is -2.40. The zero-order valence-corrected chi connectivity index (χ0v) is 11.0. The molecule has 1 saturated carbocycles. The fraction of sp³-hybridized carbons (Fsp3) is 0.846. The fourth-order valence-electron chi connectivity index (χ4n) is 2.41. The van der Waals surface area contributed by atoms with E-state index in [1.165, 1.54) is 12.8 Å². The molecule has 0 aromatic heterocycles. The first-order chi connectivity index (χ1) is 8.17. The lowest BCUT2D eigenvalue weighted by Gasteiger charge is -2.21. The predicted molar refractivity (Wildman–Crippen MR) is 67.8 cm³/mol. The van der Waals surface area contributed by atoms with Gasteiger partial charge in [-0.05, 0) is 25.8 Å². The van der Waals surface area contributed by atoms with Gasteiger partial charge in [-0.2, -0.15) is 0 Å². The highest BCUT2D eigenvalue weighted by molar-refractivity contribution is 5.84. The minimum atomic E-state index is -0.0160. The molecule has 4 nitrogen and oxygen atoms in total. The molecule has 17 heavy (non-hydrogen) atoms. The molecule has 0 unspecified atom stereocenters. The van der Waals surface area contributed by atoms with E-state index in [0.717, 1.165) is 25.8 Å². The SMILES string of the molecule is CCCN(CC(=O)NC)CC(=O)C1CCCC1. The third-order valence-corrected chi connectivity index (χ3v) is 3.38. The van der Waals surface area contributed by atoms with Crippen LogP contribution < -0.4 is 5.32 Å². The molecule has 1 aliphatic carbocycles. The highest BCUT2D eigenvalue weighted by atomic mass is 16.2. The number of nitrogens with one attached hydrogen (secondary N) is 1. The third-order valence-electron chi connectivity index (χ3n) is 3.38. The molecule has 1 rings (SSSR count). The number of carbonyl (C=O) groups excluding carboxylic acids is 2. The van der Waals surface area contributed by atoms with E-state index in [-0.39, 0.29) is 11.8 Å². The zero-order valence-electron chi connectivity index (χ0n) is 11.0. The van der Waals surface area contributed by atoms with Crippen LogP contribution in [-0.4, -0.2) is 43.3 Å². The molecule has 1 amide bonds. The van der Waals surface area contributed by atoms with E-state index >= 15 is 0 Å². The molecule has 0 aliphatic heterocycles. The van der Waals surface area contributed by atoms with Crippen LogP contribution in [0.2, 0.25) is 0 Å². The minimum absolute atomic E-state index is 0.0160. The maximum absolute atomic E-state index is 12.0. The molecular weight excluding hydrogens is 216 g/mol. The molecule has 0 bridgehead atoms. The summed E-state index contributed by atoms with van der Waals surface area (Å²) >= 11 is 0. The van der Waals surface area contributed by atoms with Crippen LogP contribution in [0.1, 0.15) is 39.0 Å². The van der Waals surface area contributed by atoms with Crippen molar-refractivity contribution in [2.45, 2.75) is 39.0 Å². The predicted octanol–water partition coefficient (Wildman–Crippen LogP) is 1.20. The number of nitrogens with zero attached hydrogens (tertiary/aromatic N) is 1. The summed E-state index contributed by atoms with van der Waals surface area (Å²) in [5, 5.41) is 2.60. The Hall–Kier alpha value is -0.900. The fourth-order valence-corrected chi connectivity index (χ4v) is 2.41. The molecule has 0 heterocycles. The Bertz CT molecular complexity index is 260. The Labute approximate surface area is 104 Å². The van der Waals surface area contributed by atoms with Crippen molar-refractivity contribution >= 4 is 11.7 Å².